The number of nitrogens with zero attached hydrogens (tertiary/aromatic N) is 2. The second-order valence-electron chi connectivity index (χ2n) is 6.30. The highest BCUT2D eigenvalue weighted by Crippen LogP contribution is 2.12. The number of benzene rings is 1. The second kappa shape index (κ2) is 7.42. The van der Waals surface area contributed by atoms with E-state index in [1.54, 1.807) is 6.07 Å². The van der Waals surface area contributed by atoms with Crippen LogP contribution in [0.1, 0.15) is 36.8 Å². The zero-order valence-electron chi connectivity index (χ0n) is 13.6. The van der Waals surface area contributed by atoms with Crippen molar-refractivity contribution in [2.45, 2.75) is 32.7 Å². The van der Waals surface area contributed by atoms with Gasteiger partial charge in [0, 0.05) is 23.2 Å². The molecule has 0 aliphatic carbocycles. The van der Waals surface area contributed by atoms with E-state index in [4.69, 9.17) is 11.6 Å². The number of nitrogens with one attached hydrogen (secondary N) is 2. The predicted octanol–water partition coefficient (Wildman–Crippen LogP) is 3.31. The van der Waals surface area contributed by atoms with E-state index in [9.17, 15) is 4.79 Å². The average Bonchev–Trinajstić information content (AvgIpc) is 2.45. The molecule has 5 nitrogen and oxygen atoms in total. The number of anilines is 1. The van der Waals surface area contributed by atoms with Gasteiger partial charge < -0.3 is 10.6 Å². The molecule has 0 aliphatic rings. The van der Waals surface area contributed by atoms with E-state index in [0.717, 1.165) is 5.56 Å². The summed E-state index contributed by atoms with van der Waals surface area (Å²) in [4.78, 5) is 20.3. The lowest BCUT2D eigenvalue weighted by atomic mass is 10.1. The Balaban J connectivity index is 1.92. The fraction of sp³-hybridized carbons (Fsp3) is 0.353. The molecule has 0 saturated carbocycles. The number of carbonyl (C=O) groups is 1. The number of hydrogen-bond acceptors (Lipinski definition) is 4. The van der Waals surface area contributed by atoms with Crippen molar-refractivity contribution in [2.24, 2.45) is 0 Å². The van der Waals surface area contributed by atoms with Crippen molar-refractivity contribution in [1.82, 2.24) is 15.3 Å². The van der Waals surface area contributed by atoms with E-state index >= 15 is 0 Å². The quantitative estimate of drug-likeness (QED) is 0.881. The van der Waals surface area contributed by atoms with Gasteiger partial charge in [-0.25, -0.2) is 9.97 Å². The minimum atomic E-state index is -0.216. The summed E-state index contributed by atoms with van der Waals surface area (Å²) >= 11 is 5.94. The van der Waals surface area contributed by atoms with Crippen LogP contribution < -0.4 is 10.6 Å². The van der Waals surface area contributed by atoms with Gasteiger partial charge in [-0.05, 0) is 44.9 Å². The molecule has 0 unspecified atom stereocenters. The molecule has 0 bridgehead atoms. The largest absolute Gasteiger partial charge is 0.365 e. The molecule has 1 amide bonds. The fourth-order valence-electron chi connectivity index (χ4n) is 2.04. The Bertz CT molecular complexity index is 682. The standard InChI is InChI=1S/C17H21ClN4O/c1-17(2,3)22-15-10-14(20-11-21-15)16(23)19-8-7-12-5-4-6-13(18)9-12/h4-6,9-11H,7-8H2,1-3H3,(H,19,23)(H,20,21,22). The Morgan fingerprint density at radius 2 is 2.00 bits per heavy atom. The van der Waals surface area contributed by atoms with Crippen LogP contribution in [0.15, 0.2) is 36.7 Å². The Hall–Kier alpha value is -2.14. The lowest BCUT2D eigenvalue weighted by Crippen LogP contribution is -2.29. The van der Waals surface area contributed by atoms with E-state index in [1.165, 1.54) is 6.33 Å². The summed E-state index contributed by atoms with van der Waals surface area (Å²) in [5.74, 6) is 0.416. The lowest BCUT2D eigenvalue weighted by Gasteiger charge is -2.21. The van der Waals surface area contributed by atoms with E-state index in [0.29, 0.717) is 29.5 Å². The number of amides is 1. The van der Waals surface area contributed by atoms with Gasteiger partial charge in [-0.3, -0.25) is 4.79 Å². The predicted molar refractivity (Wildman–Crippen MR) is 92.9 cm³/mol. The molecule has 6 heteroatoms. The third-order valence-corrected chi connectivity index (χ3v) is 3.23. The van der Waals surface area contributed by atoms with Gasteiger partial charge in [0.15, 0.2) is 0 Å². The Kier molecular flexibility index (Phi) is 5.55. The van der Waals surface area contributed by atoms with E-state index in [2.05, 4.69) is 20.6 Å². The molecule has 0 atom stereocenters. The maximum absolute atomic E-state index is 12.2. The van der Waals surface area contributed by atoms with E-state index in [-0.39, 0.29) is 11.4 Å². The van der Waals surface area contributed by atoms with Crippen LogP contribution in [0, 0.1) is 0 Å². The van der Waals surface area contributed by atoms with Gasteiger partial charge in [-0.2, -0.15) is 0 Å². The monoisotopic (exact) mass is 332 g/mol. The first-order chi connectivity index (χ1) is 10.8. The smallest absolute Gasteiger partial charge is 0.270 e. The van der Waals surface area contributed by atoms with Crippen molar-refractivity contribution >= 4 is 23.3 Å². The molecule has 0 aliphatic heterocycles. The van der Waals surface area contributed by atoms with Gasteiger partial charge in [-0.1, -0.05) is 23.7 Å². The minimum Gasteiger partial charge on any atom is -0.365 e. The number of aromatic nitrogens is 2. The van der Waals surface area contributed by atoms with Crippen LogP contribution >= 0.6 is 11.6 Å². The van der Waals surface area contributed by atoms with Crippen molar-refractivity contribution in [3.63, 3.8) is 0 Å². The SMILES string of the molecule is CC(C)(C)Nc1cc(C(=O)NCCc2cccc(Cl)c2)ncn1. The van der Waals surface area contributed by atoms with Gasteiger partial charge in [0.25, 0.3) is 5.91 Å². The first-order valence-corrected chi connectivity index (χ1v) is 7.84. The second-order valence-corrected chi connectivity index (χ2v) is 6.74. The van der Waals surface area contributed by atoms with Gasteiger partial charge in [0.2, 0.25) is 0 Å². The molecule has 0 fully saturated rings. The highest BCUT2D eigenvalue weighted by atomic mass is 35.5. The van der Waals surface area contributed by atoms with Crippen molar-refractivity contribution in [3.8, 4) is 0 Å². The summed E-state index contributed by atoms with van der Waals surface area (Å²) in [6, 6.07) is 9.25. The van der Waals surface area contributed by atoms with E-state index < -0.39 is 0 Å². The number of halogens is 1. The molecular formula is C17H21ClN4O. The minimum absolute atomic E-state index is 0.130. The first kappa shape index (κ1) is 17.2. The maximum Gasteiger partial charge on any atom is 0.270 e. The van der Waals surface area contributed by atoms with Crippen LogP contribution in [-0.4, -0.2) is 28.0 Å². The van der Waals surface area contributed by atoms with Crippen LogP contribution in [0.5, 0.6) is 0 Å². The first-order valence-electron chi connectivity index (χ1n) is 7.46. The number of rotatable bonds is 5. The Labute approximate surface area is 141 Å². The highest BCUT2D eigenvalue weighted by Gasteiger charge is 2.13. The van der Waals surface area contributed by atoms with Crippen LogP contribution in [-0.2, 0) is 6.42 Å². The van der Waals surface area contributed by atoms with Gasteiger partial charge in [0.05, 0.1) is 0 Å². The molecule has 122 valence electrons. The van der Waals surface area contributed by atoms with Crippen molar-refractivity contribution in [2.75, 3.05) is 11.9 Å². The zero-order chi connectivity index (χ0) is 16.9. The molecule has 23 heavy (non-hydrogen) atoms. The molecule has 2 aromatic rings. The molecule has 0 spiro atoms. The Morgan fingerprint density at radius 1 is 1.22 bits per heavy atom. The van der Waals surface area contributed by atoms with Gasteiger partial charge in [-0.15, -0.1) is 0 Å². The average molecular weight is 333 g/mol. The third kappa shape index (κ3) is 5.87. The molecule has 1 aromatic carbocycles. The highest BCUT2D eigenvalue weighted by molar-refractivity contribution is 6.30. The fourth-order valence-corrected chi connectivity index (χ4v) is 2.25. The maximum atomic E-state index is 12.2. The summed E-state index contributed by atoms with van der Waals surface area (Å²) in [7, 11) is 0. The van der Waals surface area contributed by atoms with Crippen molar-refractivity contribution in [3.05, 3.63) is 52.9 Å². The van der Waals surface area contributed by atoms with Crippen LogP contribution in [0.4, 0.5) is 5.82 Å². The number of carbonyl (C=O) groups excluding carboxylic acids is 1. The molecule has 0 saturated heterocycles. The molecule has 0 radical (unpaired) electrons. The number of hydrogen-bond donors (Lipinski definition) is 2. The van der Waals surface area contributed by atoms with Crippen LogP contribution in [0.2, 0.25) is 5.02 Å². The van der Waals surface area contributed by atoms with Gasteiger partial charge in [0.1, 0.15) is 17.8 Å². The van der Waals surface area contributed by atoms with E-state index in [1.807, 2.05) is 45.0 Å². The molecule has 2 N–H and O–H groups in total. The summed E-state index contributed by atoms with van der Waals surface area (Å²) in [6.45, 7) is 6.60. The molecule has 2 rings (SSSR count). The summed E-state index contributed by atoms with van der Waals surface area (Å²) in [5, 5.41) is 6.77. The normalized spacial score (nSPS) is 11.1. The van der Waals surface area contributed by atoms with Crippen LogP contribution in [0.3, 0.4) is 0 Å². The van der Waals surface area contributed by atoms with Crippen molar-refractivity contribution < 1.29 is 4.79 Å². The van der Waals surface area contributed by atoms with Crippen LogP contribution in [0.25, 0.3) is 0 Å². The summed E-state index contributed by atoms with van der Waals surface area (Å²) in [5.41, 5.74) is 1.29. The summed E-state index contributed by atoms with van der Waals surface area (Å²) in [6.07, 6.45) is 2.10. The molecule has 1 heterocycles. The Morgan fingerprint density at radius 3 is 2.70 bits per heavy atom. The lowest BCUT2D eigenvalue weighted by molar-refractivity contribution is 0.0949. The van der Waals surface area contributed by atoms with Gasteiger partial charge >= 0.3 is 0 Å². The molecular weight excluding hydrogens is 312 g/mol. The summed E-state index contributed by atoms with van der Waals surface area (Å²) < 4.78 is 0. The molecule has 1 aromatic heterocycles. The van der Waals surface area contributed by atoms with Crippen molar-refractivity contribution in [1.29, 1.82) is 0 Å². The zero-order valence-corrected chi connectivity index (χ0v) is 14.3. The third-order valence-electron chi connectivity index (χ3n) is 2.99. The topological polar surface area (TPSA) is 66.9 Å².